The van der Waals surface area contributed by atoms with E-state index in [4.69, 9.17) is 4.52 Å². The second kappa shape index (κ2) is 6.56. The molecule has 0 aliphatic rings. The topological polar surface area (TPSA) is 59.2 Å². The van der Waals surface area contributed by atoms with Crippen LogP contribution >= 0.6 is 0 Å². The first-order valence-electron chi connectivity index (χ1n) is 6.51. The van der Waals surface area contributed by atoms with E-state index in [1.165, 1.54) is 12.1 Å². The monoisotopic (exact) mass is 282 g/mol. The summed E-state index contributed by atoms with van der Waals surface area (Å²) in [5, 5.41) is 13.4. The maximum absolute atomic E-state index is 13.1. The van der Waals surface area contributed by atoms with Gasteiger partial charge in [-0.2, -0.15) is 4.98 Å². The predicted octanol–water partition coefficient (Wildman–Crippen LogP) is 2.64. The average Bonchev–Trinajstić information content (AvgIpc) is 2.75. The van der Waals surface area contributed by atoms with Gasteiger partial charge in [0.05, 0.1) is 12.5 Å². The molecule has 0 fully saturated rings. The number of hydrogen-bond donors (Lipinski definition) is 1. The highest BCUT2D eigenvalue weighted by Crippen LogP contribution is 2.12. The summed E-state index contributed by atoms with van der Waals surface area (Å²) in [6.07, 6.45) is 1.48. The summed E-state index contributed by atoms with van der Waals surface area (Å²) in [5.41, 5.74) is 0.434. The van der Waals surface area contributed by atoms with Crippen LogP contribution in [0, 0.1) is 11.6 Å². The number of rotatable bonds is 6. The Morgan fingerprint density at radius 2 is 1.95 bits per heavy atom. The van der Waals surface area contributed by atoms with Crippen LogP contribution in [0.25, 0.3) is 0 Å². The Hall–Kier alpha value is -1.82. The molecule has 1 N–H and O–H groups in total. The van der Waals surface area contributed by atoms with Crippen molar-refractivity contribution in [3.8, 4) is 0 Å². The molecule has 0 amide bonds. The van der Waals surface area contributed by atoms with Crippen molar-refractivity contribution in [1.82, 2.24) is 10.1 Å². The maximum atomic E-state index is 13.1. The number of benzene rings is 1. The quantitative estimate of drug-likeness (QED) is 0.885. The highest BCUT2D eigenvalue weighted by Gasteiger charge is 2.12. The van der Waals surface area contributed by atoms with Crippen molar-refractivity contribution in [1.29, 1.82) is 0 Å². The summed E-state index contributed by atoms with van der Waals surface area (Å²) in [4.78, 5) is 4.10. The molecule has 0 aliphatic heterocycles. The molecule has 2 rings (SSSR count). The second-order valence-corrected chi connectivity index (χ2v) is 4.71. The standard InChI is InChI=1S/C14H16F2N2O2/c1-2-3-12(19)8-14-17-13(18-20-14)6-9-4-10(15)7-11(16)5-9/h4-5,7,12,19H,2-3,6,8H2,1H3. The Labute approximate surface area is 115 Å². The third kappa shape index (κ3) is 4.09. The summed E-state index contributed by atoms with van der Waals surface area (Å²) in [7, 11) is 0. The third-order valence-corrected chi connectivity index (χ3v) is 2.83. The first kappa shape index (κ1) is 14.6. The Kier molecular flexibility index (Phi) is 4.79. The number of aliphatic hydroxyl groups excluding tert-OH is 1. The van der Waals surface area contributed by atoms with Gasteiger partial charge in [0.15, 0.2) is 5.82 Å². The van der Waals surface area contributed by atoms with Crippen LogP contribution < -0.4 is 0 Å². The molecule has 1 aromatic heterocycles. The summed E-state index contributed by atoms with van der Waals surface area (Å²) in [6.45, 7) is 1.97. The highest BCUT2D eigenvalue weighted by molar-refractivity contribution is 5.21. The molecule has 0 saturated heterocycles. The molecule has 108 valence electrons. The number of aliphatic hydroxyl groups is 1. The molecule has 2 aromatic rings. The van der Waals surface area contributed by atoms with Crippen LogP contribution in [0.3, 0.4) is 0 Å². The second-order valence-electron chi connectivity index (χ2n) is 4.71. The molecule has 0 bridgehead atoms. The number of halogens is 2. The lowest BCUT2D eigenvalue weighted by molar-refractivity contribution is 0.151. The van der Waals surface area contributed by atoms with E-state index in [2.05, 4.69) is 10.1 Å². The van der Waals surface area contributed by atoms with Gasteiger partial charge in [-0.05, 0) is 24.1 Å². The van der Waals surface area contributed by atoms with Gasteiger partial charge in [-0.1, -0.05) is 18.5 Å². The van der Waals surface area contributed by atoms with Gasteiger partial charge < -0.3 is 9.63 Å². The summed E-state index contributed by atoms with van der Waals surface area (Å²) in [5.74, 6) is -0.601. The Morgan fingerprint density at radius 3 is 2.60 bits per heavy atom. The zero-order chi connectivity index (χ0) is 14.5. The van der Waals surface area contributed by atoms with Crippen molar-refractivity contribution in [2.75, 3.05) is 0 Å². The fourth-order valence-electron chi connectivity index (χ4n) is 1.98. The number of hydrogen-bond acceptors (Lipinski definition) is 4. The van der Waals surface area contributed by atoms with Gasteiger partial charge in [-0.3, -0.25) is 0 Å². The first-order valence-corrected chi connectivity index (χ1v) is 6.51. The lowest BCUT2D eigenvalue weighted by Gasteiger charge is -2.03. The van der Waals surface area contributed by atoms with E-state index >= 15 is 0 Å². The van der Waals surface area contributed by atoms with Crippen LogP contribution in [0.2, 0.25) is 0 Å². The van der Waals surface area contributed by atoms with Crippen LogP contribution in [0.15, 0.2) is 22.7 Å². The van der Waals surface area contributed by atoms with Crippen molar-refractivity contribution in [2.24, 2.45) is 0 Å². The van der Waals surface area contributed by atoms with Crippen molar-refractivity contribution in [3.63, 3.8) is 0 Å². The van der Waals surface area contributed by atoms with Crippen LogP contribution in [0.5, 0.6) is 0 Å². The van der Waals surface area contributed by atoms with Crippen molar-refractivity contribution >= 4 is 0 Å². The smallest absolute Gasteiger partial charge is 0.229 e. The van der Waals surface area contributed by atoms with E-state index in [-0.39, 0.29) is 6.42 Å². The summed E-state index contributed by atoms with van der Waals surface area (Å²) < 4.78 is 31.1. The van der Waals surface area contributed by atoms with Gasteiger partial charge in [0, 0.05) is 12.5 Å². The highest BCUT2D eigenvalue weighted by atomic mass is 19.1. The lowest BCUT2D eigenvalue weighted by Crippen LogP contribution is -2.09. The minimum atomic E-state index is -0.637. The van der Waals surface area contributed by atoms with Gasteiger partial charge >= 0.3 is 0 Å². The van der Waals surface area contributed by atoms with E-state index in [9.17, 15) is 13.9 Å². The van der Waals surface area contributed by atoms with E-state index in [1.54, 1.807) is 0 Å². The molecule has 1 aromatic carbocycles. The molecular weight excluding hydrogens is 266 g/mol. The Bertz CT molecular complexity index is 552. The molecule has 0 aliphatic carbocycles. The largest absolute Gasteiger partial charge is 0.393 e. The van der Waals surface area contributed by atoms with E-state index in [1.807, 2.05) is 6.92 Å². The van der Waals surface area contributed by atoms with Crippen LogP contribution in [0.1, 0.15) is 37.0 Å². The van der Waals surface area contributed by atoms with Crippen LogP contribution in [0.4, 0.5) is 8.78 Å². The average molecular weight is 282 g/mol. The minimum Gasteiger partial charge on any atom is -0.393 e. The molecule has 0 radical (unpaired) electrons. The maximum Gasteiger partial charge on any atom is 0.229 e. The van der Waals surface area contributed by atoms with Crippen molar-refractivity contribution in [3.05, 3.63) is 47.1 Å². The van der Waals surface area contributed by atoms with Gasteiger partial charge in [-0.15, -0.1) is 0 Å². The zero-order valence-corrected chi connectivity index (χ0v) is 11.1. The van der Waals surface area contributed by atoms with Gasteiger partial charge in [0.2, 0.25) is 5.89 Å². The molecule has 20 heavy (non-hydrogen) atoms. The van der Waals surface area contributed by atoms with Crippen molar-refractivity contribution < 1.29 is 18.4 Å². The normalized spacial score (nSPS) is 12.6. The fraction of sp³-hybridized carbons (Fsp3) is 0.429. The molecular formula is C14H16F2N2O2. The summed E-state index contributed by atoms with van der Waals surface area (Å²) in [6, 6.07) is 3.27. The van der Waals surface area contributed by atoms with E-state index in [0.717, 1.165) is 12.5 Å². The van der Waals surface area contributed by atoms with Gasteiger partial charge in [-0.25, -0.2) is 8.78 Å². The Morgan fingerprint density at radius 1 is 1.25 bits per heavy atom. The first-order chi connectivity index (χ1) is 9.56. The molecule has 1 unspecified atom stereocenters. The van der Waals surface area contributed by atoms with Crippen molar-refractivity contribution in [2.45, 2.75) is 38.7 Å². The third-order valence-electron chi connectivity index (χ3n) is 2.83. The van der Waals surface area contributed by atoms with Crippen LogP contribution in [-0.4, -0.2) is 21.4 Å². The molecule has 0 saturated carbocycles. The summed E-state index contributed by atoms with van der Waals surface area (Å²) >= 11 is 0. The van der Waals surface area contributed by atoms with Gasteiger partial charge in [0.1, 0.15) is 11.6 Å². The molecule has 4 nitrogen and oxygen atoms in total. The van der Waals surface area contributed by atoms with Gasteiger partial charge in [0.25, 0.3) is 0 Å². The minimum absolute atomic E-state index is 0.183. The number of aromatic nitrogens is 2. The fourth-order valence-corrected chi connectivity index (χ4v) is 1.98. The predicted molar refractivity (Wildman–Crippen MR) is 68.1 cm³/mol. The molecule has 1 heterocycles. The Balaban J connectivity index is 2.02. The van der Waals surface area contributed by atoms with E-state index < -0.39 is 17.7 Å². The molecule has 6 heteroatoms. The zero-order valence-electron chi connectivity index (χ0n) is 11.1. The lowest BCUT2D eigenvalue weighted by atomic mass is 10.1. The van der Waals surface area contributed by atoms with E-state index in [0.29, 0.717) is 30.1 Å². The molecule has 0 spiro atoms. The van der Waals surface area contributed by atoms with Crippen LogP contribution in [-0.2, 0) is 12.8 Å². The SMILES string of the molecule is CCCC(O)Cc1nc(Cc2cc(F)cc(F)c2)no1. The number of nitrogens with zero attached hydrogens (tertiary/aromatic N) is 2. The molecule has 1 atom stereocenters.